The first-order valence-corrected chi connectivity index (χ1v) is 6.80. The summed E-state index contributed by atoms with van der Waals surface area (Å²) in [4.78, 5) is 22.9. The fourth-order valence-electron chi connectivity index (χ4n) is 2.32. The van der Waals surface area contributed by atoms with Crippen LogP contribution in [0, 0.1) is 0 Å². The number of aryl methyl sites for hydroxylation is 1. The van der Waals surface area contributed by atoms with Crippen LogP contribution >= 0.6 is 0 Å². The lowest BCUT2D eigenvalue weighted by atomic mass is 9.99. The summed E-state index contributed by atoms with van der Waals surface area (Å²) in [6.07, 6.45) is 0.841. The van der Waals surface area contributed by atoms with Crippen LogP contribution < -0.4 is 4.74 Å². The Kier molecular flexibility index (Phi) is 4.93. The predicted octanol–water partition coefficient (Wildman–Crippen LogP) is 1.96. The third-order valence-electron chi connectivity index (χ3n) is 3.31. The van der Waals surface area contributed by atoms with Gasteiger partial charge in [0.1, 0.15) is 5.75 Å². The van der Waals surface area contributed by atoms with Crippen LogP contribution in [0.5, 0.6) is 5.75 Å². The number of hydrogen-bond acceptors (Lipinski definition) is 5. The second kappa shape index (κ2) is 6.69. The molecule has 0 spiro atoms. The van der Waals surface area contributed by atoms with E-state index >= 15 is 0 Å². The Balaban J connectivity index is 2.50. The number of carboxylic acid groups (broad SMARTS) is 1. The Bertz CT molecular complexity index is 545. The molecule has 0 amide bonds. The molecule has 1 fully saturated rings. The molecule has 114 valence electrons. The number of rotatable bonds is 5. The number of Topliss-reactive ketones (excluding diaryl/α,β-unsaturated/α-hetero) is 1. The number of methoxy groups -OCH3 is 1. The Morgan fingerprint density at radius 3 is 2.52 bits per heavy atom. The lowest BCUT2D eigenvalue weighted by Gasteiger charge is -2.25. The van der Waals surface area contributed by atoms with E-state index in [1.165, 1.54) is 13.2 Å². The fourth-order valence-corrected chi connectivity index (χ4v) is 2.32. The first-order valence-electron chi connectivity index (χ1n) is 6.80. The summed E-state index contributed by atoms with van der Waals surface area (Å²) in [5.41, 5.74) is 1.41. The first-order chi connectivity index (χ1) is 10.1. The van der Waals surface area contributed by atoms with E-state index in [-0.39, 0.29) is 5.56 Å². The van der Waals surface area contributed by atoms with Crippen molar-refractivity contribution < 1.29 is 28.9 Å². The molecule has 6 nitrogen and oxygen atoms in total. The van der Waals surface area contributed by atoms with E-state index in [1.807, 2.05) is 13.0 Å². The summed E-state index contributed by atoms with van der Waals surface area (Å²) in [6.45, 7) is 3.04. The Hall–Kier alpha value is -1.92. The third-order valence-corrected chi connectivity index (χ3v) is 3.31. The zero-order chi connectivity index (χ0) is 15.4. The number of benzene rings is 1. The van der Waals surface area contributed by atoms with Crippen molar-refractivity contribution in [1.82, 2.24) is 0 Å². The average Bonchev–Trinajstić information content (AvgIpc) is 2.53. The van der Waals surface area contributed by atoms with Crippen molar-refractivity contribution in [2.45, 2.75) is 26.1 Å². The molecule has 2 rings (SSSR count). The number of carbonyl (C=O) groups is 2. The third kappa shape index (κ3) is 3.22. The molecule has 1 saturated heterocycles. The maximum Gasteiger partial charge on any atom is 0.377 e. The predicted molar refractivity (Wildman–Crippen MR) is 73.6 cm³/mol. The summed E-state index contributed by atoms with van der Waals surface area (Å²) >= 11 is 0. The van der Waals surface area contributed by atoms with Crippen molar-refractivity contribution in [3.05, 3.63) is 28.8 Å². The van der Waals surface area contributed by atoms with Crippen LogP contribution in [0.1, 0.15) is 41.1 Å². The molecular formula is C15H18O6. The van der Waals surface area contributed by atoms with Crippen LogP contribution in [0.15, 0.2) is 12.1 Å². The standard InChI is InChI=1S/C15H18O6/c1-3-9-7-10(15-20-5-4-6-21-15)8-11(13(9)19-2)12(16)14(17)18/h7-8,15H,3-6H2,1-2H3,(H,17,18). The molecule has 1 aliphatic rings. The number of ether oxygens (including phenoxy) is 3. The lowest BCUT2D eigenvalue weighted by Crippen LogP contribution is -2.20. The van der Waals surface area contributed by atoms with E-state index in [9.17, 15) is 9.59 Å². The summed E-state index contributed by atoms with van der Waals surface area (Å²) in [5.74, 6) is -2.22. The van der Waals surface area contributed by atoms with Gasteiger partial charge in [0.15, 0.2) is 6.29 Å². The van der Waals surface area contributed by atoms with Crippen molar-refractivity contribution in [3.8, 4) is 5.75 Å². The van der Waals surface area contributed by atoms with Gasteiger partial charge >= 0.3 is 5.97 Å². The SMILES string of the molecule is CCc1cc(C2OCCCO2)cc(C(=O)C(=O)O)c1OC. The summed E-state index contributed by atoms with van der Waals surface area (Å²) in [6, 6.07) is 3.30. The molecule has 0 unspecified atom stereocenters. The van der Waals surface area contributed by atoms with Crippen LogP contribution in [0.3, 0.4) is 0 Å². The van der Waals surface area contributed by atoms with Crippen molar-refractivity contribution in [2.75, 3.05) is 20.3 Å². The molecule has 1 heterocycles. The summed E-state index contributed by atoms with van der Waals surface area (Å²) in [5, 5.41) is 8.95. The van der Waals surface area contributed by atoms with Crippen LogP contribution in [0.25, 0.3) is 0 Å². The van der Waals surface area contributed by atoms with Gasteiger partial charge in [-0.15, -0.1) is 0 Å². The zero-order valence-electron chi connectivity index (χ0n) is 12.0. The topological polar surface area (TPSA) is 82.1 Å². The minimum absolute atomic E-state index is 0.0251. The van der Waals surface area contributed by atoms with Crippen LogP contribution in [-0.4, -0.2) is 37.2 Å². The second-order valence-corrected chi connectivity index (χ2v) is 4.68. The summed E-state index contributed by atoms with van der Waals surface area (Å²) in [7, 11) is 1.42. The van der Waals surface area contributed by atoms with Gasteiger partial charge in [-0.25, -0.2) is 4.79 Å². The molecule has 1 N–H and O–H groups in total. The van der Waals surface area contributed by atoms with Gasteiger partial charge in [-0.1, -0.05) is 6.92 Å². The molecule has 6 heteroatoms. The monoisotopic (exact) mass is 294 g/mol. The highest BCUT2D eigenvalue weighted by Gasteiger charge is 2.25. The van der Waals surface area contributed by atoms with E-state index in [2.05, 4.69) is 0 Å². The number of ketones is 1. The van der Waals surface area contributed by atoms with Gasteiger partial charge < -0.3 is 19.3 Å². The number of aliphatic carboxylic acids is 1. The number of carboxylic acids is 1. The molecule has 0 atom stereocenters. The molecule has 1 aromatic rings. The number of carbonyl (C=O) groups excluding carboxylic acids is 1. The van der Waals surface area contributed by atoms with Crippen molar-refractivity contribution in [1.29, 1.82) is 0 Å². The van der Waals surface area contributed by atoms with E-state index in [0.717, 1.165) is 12.0 Å². The first kappa shape index (κ1) is 15.5. The highest BCUT2D eigenvalue weighted by atomic mass is 16.7. The molecule has 0 bridgehead atoms. The van der Waals surface area contributed by atoms with Gasteiger partial charge in [-0.05, 0) is 30.5 Å². The maximum absolute atomic E-state index is 11.9. The van der Waals surface area contributed by atoms with E-state index in [1.54, 1.807) is 0 Å². The van der Waals surface area contributed by atoms with Gasteiger partial charge in [-0.3, -0.25) is 4.79 Å². The van der Waals surface area contributed by atoms with Crippen molar-refractivity contribution >= 4 is 11.8 Å². The zero-order valence-corrected chi connectivity index (χ0v) is 12.0. The van der Waals surface area contributed by atoms with Gasteiger partial charge in [0, 0.05) is 5.56 Å². The van der Waals surface area contributed by atoms with Gasteiger partial charge in [0.2, 0.25) is 0 Å². The second-order valence-electron chi connectivity index (χ2n) is 4.68. The minimum atomic E-state index is -1.52. The molecule has 0 saturated carbocycles. The smallest absolute Gasteiger partial charge is 0.377 e. The molecular weight excluding hydrogens is 276 g/mol. The average molecular weight is 294 g/mol. The minimum Gasteiger partial charge on any atom is -0.496 e. The normalized spacial score (nSPS) is 15.7. The quantitative estimate of drug-likeness (QED) is 0.660. The molecule has 1 aromatic carbocycles. The molecule has 0 radical (unpaired) electrons. The van der Waals surface area contributed by atoms with E-state index < -0.39 is 18.0 Å². The van der Waals surface area contributed by atoms with Gasteiger partial charge in [-0.2, -0.15) is 0 Å². The Labute approximate surface area is 122 Å². The van der Waals surface area contributed by atoms with Crippen LogP contribution in [0.2, 0.25) is 0 Å². The number of hydrogen-bond donors (Lipinski definition) is 1. The maximum atomic E-state index is 11.9. The van der Waals surface area contributed by atoms with E-state index in [0.29, 0.717) is 30.9 Å². The molecule has 21 heavy (non-hydrogen) atoms. The van der Waals surface area contributed by atoms with Crippen LogP contribution in [0.4, 0.5) is 0 Å². The van der Waals surface area contributed by atoms with Gasteiger partial charge in [0.25, 0.3) is 5.78 Å². The van der Waals surface area contributed by atoms with Crippen molar-refractivity contribution in [3.63, 3.8) is 0 Å². The van der Waals surface area contributed by atoms with Gasteiger partial charge in [0.05, 0.1) is 25.9 Å². The Morgan fingerprint density at radius 2 is 2.00 bits per heavy atom. The largest absolute Gasteiger partial charge is 0.496 e. The molecule has 0 aliphatic carbocycles. The highest BCUT2D eigenvalue weighted by molar-refractivity contribution is 6.40. The fraction of sp³-hybridized carbons (Fsp3) is 0.467. The van der Waals surface area contributed by atoms with Crippen LogP contribution in [-0.2, 0) is 20.7 Å². The van der Waals surface area contributed by atoms with Crippen molar-refractivity contribution in [2.24, 2.45) is 0 Å². The molecule has 1 aliphatic heterocycles. The Morgan fingerprint density at radius 1 is 1.33 bits per heavy atom. The lowest BCUT2D eigenvalue weighted by molar-refractivity contribution is -0.183. The molecule has 0 aromatic heterocycles. The summed E-state index contributed by atoms with van der Waals surface area (Å²) < 4.78 is 16.2. The van der Waals surface area contributed by atoms with E-state index in [4.69, 9.17) is 19.3 Å². The highest BCUT2D eigenvalue weighted by Crippen LogP contribution is 2.32.